The first-order valence-corrected chi connectivity index (χ1v) is 7.17. The molecule has 0 amide bonds. The molecule has 0 N–H and O–H groups in total. The summed E-state index contributed by atoms with van der Waals surface area (Å²) in [4.78, 5) is 10.6. The summed E-state index contributed by atoms with van der Waals surface area (Å²) in [5, 5.41) is 15.6. The minimum atomic E-state index is -0.431. The Bertz CT molecular complexity index is 960. The number of fused-ring (bicyclic) bond motifs is 5. The smallest absolute Gasteiger partial charge is 0.273 e. The summed E-state index contributed by atoms with van der Waals surface area (Å²) in [6, 6.07) is 12.4. The highest BCUT2D eigenvalue weighted by Crippen LogP contribution is 2.42. The van der Waals surface area contributed by atoms with E-state index in [1.807, 2.05) is 38.1 Å². The van der Waals surface area contributed by atoms with Gasteiger partial charge in [-0.2, -0.15) is 5.10 Å². The second kappa shape index (κ2) is 4.67. The average molecular weight is 307 g/mol. The maximum Gasteiger partial charge on any atom is 0.273 e. The minimum absolute atomic E-state index is 0.00950. The summed E-state index contributed by atoms with van der Waals surface area (Å²) in [5.74, 6) is 1.09. The van der Waals surface area contributed by atoms with Crippen LogP contribution in [-0.4, -0.2) is 14.7 Å². The molecule has 2 heterocycles. The van der Waals surface area contributed by atoms with Gasteiger partial charge >= 0.3 is 0 Å². The van der Waals surface area contributed by atoms with Crippen LogP contribution in [0.2, 0.25) is 0 Å². The zero-order valence-corrected chi connectivity index (χ0v) is 12.6. The quantitative estimate of drug-likeness (QED) is 0.391. The Morgan fingerprint density at radius 2 is 1.91 bits per heavy atom. The zero-order chi connectivity index (χ0) is 16.1. The highest BCUT2D eigenvalue weighted by molar-refractivity contribution is 5.74. The summed E-state index contributed by atoms with van der Waals surface area (Å²) in [7, 11) is 0. The molecule has 0 aliphatic carbocycles. The fraction of sp³-hybridized carbons (Fsp3) is 0.118. The van der Waals surface area contributed by atoms with Gasteiger partial charge in [0, 0.05) is 11.6 Å². The van der Waals surface area contributed by atoms with E-state index < -0.39 is 4.92 Å². The Kier molecular flexibility index (Phi) is 2.74. The fourth-order valence-corrected chi connectivity index (χ4v) is 2.80. The number of nitro benzene ring substituents is 1. The molecule has 1 aromatic heterocycles. The van der Waals surface area contributed by atoms with Crippen molar-refractivity contribution in [1.82, 2.24) is 9.78 Å². The van der Waals surface area contributed by atoms with Crippen molar-refractivity contribution in [1.29, 1.82) is 0 Å². The van der Waals surface area contributed by atoms with Crippen LogP contribution in [0.25, 0.3) is 16.9 Å². The number of rotatable bonds is 1. The van der Waals surface area contributed by atoms with E-state index in [0.29, 0.717) is 17.2 Å². The van der Waals surface area contributed by atoms with Crippen molar-refractivity contribution in [3.63, 3.8) is 0 Å². The lowest BCUT2D eigenvalue weighted by Crippen LogP contribution is -1.99. The van der Waals surface area contributed by atoms with Gasteiger partial charge in [-0.1, -0.05) is 11.6 Å². The molecular weight excluding hydrogens is 294 g/mol. The monoisotopic (exact) mass is 307 g/mol. The number of hydrogen-bond acceptors (Lipinski definition) is 4. The third kappa shape index (κ3) is 2.07. The van der Waals surface area contributed by atoms with E-state index in [9.17, 15) is 10.1 Å². The molecule has 0 unspecified atom stereocenters. The number of nitro groups is 1. The molecule has 114 valence electrons. The normalized spacial score (nSPS) is 11.7. The summed E-state index contributed by atoms with van der Waals surface area (Å²) in [6.45, 7) is 3.93. The Hall–Kier alpha value is -3.15. The van der Waals surface area contributed by atoms with E-state index in [0.717, 1.165) is 22.5 Å². The van der Waals surface area contributed by atoms with E-state index in [2.05, 4.69) is 5.10 Å². The number of hydrogen-bond donors (Lipinski definition) is 0. The molecule has 4 rings (SSSR count). The second-order valence-corrected chi connectivity index (χ2v) is 5.59. The maximum atomic E-state index is 11.0. The van der Waals surface area contributed by atoms with Crippen molar-refractivity contribution in [3.8, 4) is 28.4 Å². The molecule has 6 nitrogen and oxygen atoms in total. The third-order valence-corrected chi connectivity index (χ3v) is 3.84. The van der Waals surface area contributed by atoms with Gasteiger partial charge in [-0.05, 0) is 38.1 Å². The summed E-state index contributed by atoms with van der Waals surface area (Å²) >= 11 is 0. The largest absolute Gasteiger partial charge is 0.454 e. The minimum Gasteiger partial charge on any atom is -0.454 e. The molecule has 0 saturated heterocycles. The van der Waals surface area contributed by atoms with Crippen LogP contribution in [0, 0.1) is 24.0 Å². The van der Waals surface area contributed by atoms with E-state index >= 15 is 0 Å². The molecule has 0 saturated carbocycles. The average Bonchev–Trinajstić information content (AvgIpc) is 2.85. The standard InChI is InChI=1S/C17H13N3O3/c1-10-3-6-16-13(7-10)15-8-11(2)18-19(15)14-5-4-12(20(21)22)9-17(14)23-16/h3-9H,1-2H3. The number of non-ortho nitro benzene ring substituents is 1. The topological polar surface area (TPSA) is 70.2 Å². The van der Waals surface area contributed by atoms with Crippen molar-refractivity contribution >= 4 is 5.69 Å². The van der Waals surface area contributed by atoms with Crippen molar-refractivity contribution in [2.75, 3.05) is 0 Å². The molecule has 0 radical (unpaired) electrons. The van der Waals surface area contributed by atoms with Gasteiger partial charge in [0.2, 0.25) is 0 Å². The molecular formula is C17H13N3O3. The Morgan fingerprint density at radius 3 is 2.70 bits per heavy atom. The lowest BCUT2D eigenvalue weighted by atomic mass is 10.1. The van der Waals surface area contributed by atoms with Crippen LogP contribution in [0.1, 0.15) is 11.3 Å². The predicted molar refractivity (Wildman–Crippen MR) is 85.2 cm³/mol. The molecule has 6 heteroatoms. The molecule has 0 bridgehead atoms. The molecule has 2 aromatic carbocycles. The third-order valence-electron chi connectivity index (χ3n) is 3.84. The van der Waals surface area contributed by atoms with Crippen molar-refractivity contribution in [2.24, 2.45) is 0 Å². The fourth-order valence-electron chi connectivity index (χ4n) is 2.80. The van der Waals surface area contributed by atoms with Crippen LogP contribution in [0.4, 0.5) is 5.69 Å². The molecule has 1 aliphatic heterocycles. The van der Waals surface area contributed by atoms with Crippen LogP contribution in [0.5, 0.6) is 11.5 Å². The zero-order valence-electron chi connectivity index (χ0n) is 12.6. The van der Waals surface area contributed by atoms with E-state index in [1.165, 1.54) is 12.1 Å². The van der Waals surface area contributed by atoms with Crippen molar-refractivity contribution in [2.45, 2.75) is 13.8 Å². The molecule has 0 fully saturated rings. The van der Waals surface area contributed by atoms with E-state index in [4.69, 9.17) is 4.74 Å². The summed E-state index contributed by atoms with van der Waals surface area (Å²) in [5.41, 5.74) is 4.49. The summed E-state index contributed by atoms with van der Waals surface area (Å²) < 4.78 is 7.74. The highest BCUT2D eigenvalue weighted by Gasteiger charge is 2.24. The van der Waals surface area contributed by atoms with Crippen LogP contribution in [0.3, 0.4) is 0 Å². The van der Waals surface area contributed by atoms with Crippen LogP contribution in [-0.2, 0) is 0 Å². The lowest BCUT2D eigenvalue weighted by Gasteiger charge is -2.08. The first-order chi connectivity index (χ1) is 11.0. The van der Waals surface area contributed by atoms with Gasteiger partial charge in [0.1, 0.15) is 11.4 Å². The number of benzene rings is 2. The van der Waals surface area contributed by atoms with Gasteiger partial charge in [0.05, 0.1) is 22.4 Å². The number of ether oxygens (including phenoxy) is 1. The van der Waals surface area contributed by atoms with Crippen LogP contribution < -0.4 is 4.74 Å². The van der Waals surface area contributed by atoms with Crippen molar-refractivity contribution < 1.29 is 9.66 Å². The Balaban J connectivity index is 2.04. The predicted octanol–water partition coefficient (Wildman–Crippen LogP) is 4.17. The molecule has 0 atom stereocenters. The van der Waals surface area contributed by atoms with Gasteiger partial charge < -0.3 is 4.74 Å². The maximum absolute atomic E-state index is 11.0. The van der Waals surface area contributed by atoms with Gasteiger partial charge in [0.25, 0.3) is 5.69 Å². The summed E-state index contributed by atoms with van der Waals surface area (Å²) in [6.07, 6.45) is 0. The Labute approximate surface area is 132 Å². The second-order valence-electron chi connectivity index (χ2n) is 5.59. The van der Waals surface area contributed by atoms with Gasteiger partial charge in [-0.15, -0.1) is 0 Å². The van der Waals surface area contributed by atoms with Gasteiger partial charge in [-0.3, -0.25) is 10.1 Å². The Morgan fingerprint density at radius 1 is 1.09 bits per heavy atom. The molecule has 1 aliphatic rings. The first kappa shape index (κ1) is 13.5. The number of aromatic nitrogens is 2. The highest BCUT2D eigenvalue weighted by atomic mass is 16.6. The molecule has 0 spiro atoms. The van der Waals surface area contributed by atoms with Crippen molar-refractivity contribution in [3.05, 3.63) is 63.8 Å². The van der Waals surface area contributed by atoms with Crippen LogP contribution >= 0.6 is 0 Å². The van der Waals surface area contributed by atoms with E-state index in [1.54, 1.807) is 10.7 Å². The first-order valence-electron chi connectivity index (χ1n) is 7.17. The SMILES string of the molecule is Cc1ccc2c(c1)-c1cc(C)nn1-c1ccc([N+](=O)[O-])cc1O2. The van der Waals surface area contributed by atoms with Crippen LogP contribution in [0.15, 0.2) is 42.5 Å². The van der Waals surface area contributed by atoms with E-state index in [-0.39, 0.29) is 5.69 Å². The lowest BCUT2D eigenvalue weighted by molar-refractivity contribution is -0.384. The van der Waals surface area contributed by atoms with Gasteiger partial charge in [-0.25, -0.2) is 4.68 Å². The number of nitrogens with zero attached hydrogens (tertiary/aromatic N) is 3. The molecule has 23 heavy (non-hydrogen) atoms. The number of aryl methyl sites for hydroxylation is 2. The van der Waals surface area contributed by atoms with Gasteiger partial charge in [0.15, 0.2) is 5.75 Å². The molecule has 3 aromatic rings.